The summed E-state index contributed by atoms with van der Waals surface area (Å²) in [6, 6.07) is 0.668. The lowest BCUT2D eigenvalue weighted by molar-refractivity contribution is 0.106. The highest BCUT2D eigenvalue weighted by Gasteiger charge is 2.23. The van der Waals surface area contributed by atoms with Gasteiger partial charge in [-0.25, -0.2) is 0 Å². The van der Waals surface area contributed by atoms with Gasteiger partial charge in [0, 0.05) is 26.4 Å². The van der Waals surface area contributed by atoms with Crippen LogP contribution in [0, 0.1) is 0 Å². The highest BCUT2D eigenvalue weighted by atomic mass is 16.5. The fourth-order valence-corrected chi connectivity index (χ4v) is 1.96. The van der Waals surface area contributed by atoms with Crippen molar-refractivity contribution >= 4 is 0 Å². The first-order chi connectivity index (χ1) is 6.86. The molecule has 0 aromatic rings. The molecule has 0 amide bonds. The van der Waals surface area contributed by atoms with Crippen LogP contribution in [0.15, 0.2) is 0 Å². The summed E-state index contributed by atoms with van der Waals surface area (Å²) in [4.78, 5) is 0. The predicted molar refractivity (Wildman–Crippen MR) is 57.5 cm³/mol. The second-order valence-electron chi connectivity index (χ2n) is 3.87. The van der Waals surface area contributed by atoms with Gasteiger partial charge in [0.2, 0.25) is 0 Å². The van der Waals surface area contributed by atoms with Crippen molar-refractivity contribution in [1.82, 2.24) is 5.32 Å². The SMILES string of the molecule is CCOCCCNC1CCC(OC)C1. The molecule has 1 fully saturated rings. The third kappa shape index (κ3) is 4.40. The first-order valence-corrected chi connectivity index (χ1v) is 5.70. The van der Waals surface area contributed by atoms with Gasteiger partial charge in [-0.1, -0.05) is 0 Å². The van der Waals surface area contributed by atoms with Crippen molar-refractivity contribution < 1.29 is 9.47 Å². The van der Waals surface area contributed by atoms with Gasteiger partial charge in [-0.05, 0) is 39.2 Å². The molecule has 0 radical (unpaired) electrons. The number of hydrogen-bond donors (Lipinski definition) is 1. The summed E-state index contributed by atoms with van der Waals surface area (Å²) in [5.41, 5.74) is 0. The quantitative estimate of drug-likeness (QED) is 0.634. The van der Waals surface area contributed by atoms with E-state index >= 15 is 0 Å². The summed E-state index contributed by atoms with van der Waals surface area (Å²) in [6.45, 7) is 4.81. The smallest absolute Gasteiger partial charge is 0.0586 e. The highest BCUT2D eigenvalue weighted by Crippen LogP contribution is 2.21. The lowest BCUT2D eigenvalue weighted by Gasteiger charge is -2.12. The molecule has 84 valence electrons. The summed E-state index contributed by atoms with van der Waals surface area (Å²) in [5, 5.41) is 3.54. The molecule has 2 atom stereocenters. The van der Waals surface area contributed by atoms with Crippen LogP contribution in [-0.2, 0) is 9.47 Å². The van der Waals surface area contributed by atoms with Crippen LogP contribution in [0.25, 0.3) is 0 Å². The number of ether oxygens (including phenoxy) is 2. The van der Waals surface area contributed by atoms with E-state index in [1.54, 1.807) is 0 Å². The Bertz CT molecular complexity index is 141. The Morgan fingerprint density at radius 2 is 2.21 bits per heavy atom. The average Bonchev–Trinajstić information content (AvgIpc) is 2.65. The van der Waals surface area contributed by atoms with Gasteiger partial charge in [-0.15, -0.1) is 0 Å². The molecule has 0 spiro atoms. The molecular formula is C11H23NO2. The molecule has 1 aliphatic rings. The molecule has 1 saturated carbocycles. The zero-order chi connectivity index (χ0) is 10.2. The van der Waals surface area contributed by atoms with Crippen molar-refractivity contribution in [3.8, 4) is 0 Å². The Morgan fingerprint density at radius 1 is 1.36 bits per heavy atom. The largest absolute Gasteiger partial charge is 0.382 e. The van der Waals surface area contributed by atoms with Gasteiger partial charge < -0.3 is 14.8 Å². The van der Waals surface area contributed by atoms with Crippen molar-refractivity contribution in [2.45, 2.75) is 44.8 Å². The lowest BCUT2D eigenvalue weighted by Crippen LogP contribution is -2.28. The van der Waals surface area contributed by atoms with Crippen LogP contribution in [-0.4, -0.2) is 39.0 Å². The summed E-state index contributed by atoms with van der Waals surface area (Å²) in [7, 11) is 1.81. The molecule has 2 unspecified atom stereocenters. The minimum atomic E-state index is 0.486. The molecule has 0 bridgehead atoms. The third-order valence-electron chi connectivity index (χ3n) is 2.82. The molecule has 14 heavy (non-hydrogen) atoms. The van der Waals surface area contributed by atoms with Gasteiger partial charge in [0.15, 0.2) is 0 Å². The third-order valence-corrected chi connectivity index (χ3v) is 2.82. The normalized spacial score (nSPS) is 27.0. The van der Waals surface area contributed by atoms with Gasteiger partial charge in [0.05, 0.1) is 6.10 Å². The summed E-state index contributed by atoms with van der Waals surface area (Å²) in [5.74, 6) is 0. The summed E-state index contributed by atoms with van der Waals surface area (Å²) in [6.07, 6.45) is 5.24. The van der Waals surface area contributed by atoms with E-state index in [-0.39, 0.29) is 0 Å². The average molecular weight is 201 g/mol. The number of rotatable bonds is 7. The number of hydrogen-bond acceptors (Lipinski definition) is 3. The first kappa shape index (κ1) is 12.0. The Balaban J connectivity index is 1.92. The van der Waals surface area contributed by atoms with Crippen molar-refractivity contribution in [3.63, 3.8) is 0 Å². The van der Waals surface area contributed by atoms with Crippen LogP contribution >= 0.6 is 0 Å². The standard InChI is InChI=1S/C11H23NO2/c1-3-14-8-4-7-12-10-5-6-11(9-10)13-2/h10-12H,3-9H2,1-2H3. The van der Waals surface area contributed by atoms with Crippen LogP contribution in [0.1, 0.15) is 32.6 Å². The van der Waals surface area contributed by atoms with E-state index in [1.165, 1.54) is 19.3 Å². The second-order valence-corrected chi connectivity index (χ2v) is 3.87. The van der Waals surface area contributed by atoms with Crippen LogP contribution < -0.4 is 5.32 Å². The molecule has 3 heteroatoms. The molecule has 1 N–H and O–H groups in total. The molecule has 1 rings (SSSR count). The van der Waals surface area contributed by atoms with E-state index in [0.717, 1.165) is 26.2 Å². The molecule has 3 nitrogen and oxygen atoms in total. The summed E-state index contributed by atoms with van der Waals surface area (Å²) >= 11 is 0. The molecule has 0 aromatic carbocycles. The monoisotopic (exact) mass is 201 g/mol. The van der Waals surface area contributed by atoms with Crippen LogP contribution in [0.5, 0.6) is 0 Å². The van der Waals surface area contributed by atoms with Gasteiger partial charge in [0.1, 0.15) is 0 Å². The minimum Gasteiger partial charge on any atom is -0.382 e. The first-order valence-electron chi connectivity index (χ1n) is 5.70. The van der Waals surface area contributed by atoms with E-state index in [2.05, 4.69) is 5.32 Å². The van der Waals surface area contributed by atoms with Crippen molar-refractivity contribution in [2.24, 2.45) is 0 Å². The fourth-order valence-electron chi connectivity index (χ4n) is 1.96. The van der Waals surface area contributed by atoms with Crippen LogP contribution in [0.2, 0.25) is 0 Å². The van der Waals surface area contributed by atoms with Crippen molar-refractivity contribution in [1.29, 1.82) is 0 Å². The van der Waals surface area contributed by atoms with E-state index in [4.69, 9.17) is 9.47 Å². The van der Waals surface area contributed by atoms with Gasteiger partial charge in [-0.2, -0.15) is 0 Å². The molecular weight excluding hydrogens is 178 g/mol. The van der Waals surface area contributed by atoms with Crippen LogP contribution in [0.3, 0.4) is 0 Å². The van der Waals surface area contributed by atoms with E-state index in [0.29, 0.717) is 12.1 Å². The Morgan fingerprint density at radius 3 is 2.86 bits per heavy atom. The van der Waals surface area contributed by atoms with E-state index in [9.17, 15) is 0 Å². The zero-order valence-corrected chi connectivity index (χ0v) is 9.42. The maximum absolute atomic E-state index is 5.32. The molecule has 0 saturated heterocycles. The zero-order valence-electron chi connectivity index (χ0n) is 9.42. The molecule has 0 aliphatic heterocycles. The maximum Gasteiger partial charge on any atom is 0.0586 e. The fraction of sp³-hybridized carbons (Fsp3) is 1.00. The number of methoxy groups -OCH3 is 1. The van der Waals surface area contributed by atoms with Gasteiger partial charge >= 0.3 is 0 Å². The van der Waals surface area contributed by atoms with Crippen molar-refractivity contribution in [3.05, 3.63) is 0 Å². The maximum atomic E-state index is 5.32. The topological polar surface area (TPSA) is 30.5 Å². The van der Waals surface area contributed by atoms with Crippen LogP contribution in [0.4, 0.5) is 0 Å². The Labute approximate surface area is 87.2 Å². The van der Waals surface area contributed by atoms with E-state index < -0.39 is 0 Å². The molecule has 1 aliphatic carbocycles. The second kappa shape index (κ2) is 7.21. The van der Waals surface area contributed by atoms with Crippen molar-refractivity contribution in [2.75, 3.05) is 26.9 Å². The Kier molecular flexibility index (Phi) is 6.15. The summed E-state index contributed by atoms with van der Waals surface area (Å²) < 4.78 is 10.6. The van der Waals surface area contributed by atoms with Gasteiger partial charge in [0.25, 0.3) is 0 Å². The van der Waals surface area contributed by atoms with E-state index in [1.807, 2.05) is 14.0 Å². The molecule has 0 aromatic heterocycles. The minimum absolute atomic E-state index is 0.486. The number of nitrogens with one attached hydrogen (secondary N) is 1. The predicted octanol–water partition coefficient (Wildman–Crippen LogP) is 1.57. The Hall–Kier alpha value is -0.120. The molecule has 0 heterocycles. The highest BCUT2D eigenvalue weighted by molar-refractivity contribution is 4.80. The lowest BCUT2D eigenvalue weighted by atomic mass is 10.2. The van der Waals surface area contributed by atoms with Gasteiger partial charge in [-0.3, -0.25) is 0 Å².